The van der Waals surface area contributed by atoms with Crippen molar-refractivity contribution >= 4 is 16.8 Å². The fraction of sp³-hybridized carbons (Fsp3) is 0.143. The molecule has 0 aliphatic carbocycles. The first kappa shape index (κ1) is 16.9. The quantitative estimate of drug-likeness (QED) is 0.502. The molecule has 2 heterocycles. The van der Waals surface area contributed by atoms with Crippen LogP contribution in [0.1, 0.15) is 29.0 Å². The second kappa shape index (κ2) is 6.99. The summed E-state index contributed by atoms with van der Waals surface area (Å²) >= 11 is 0. The van der Waals surface area contributed by atoms with Gasteiger partial charge in [0.15, 0.2) is 0 Å². The van der Waals surface area contributed by atoms with Gasteiger partial charge in [0.1, 0.15) is 11.4 Å². The summed E-state index contributed by atoms with van der Waals surface area (Å²) in [4.78, 5) is 15.9. The van der Waals surface area contributed by atoms with Crippen LogP contribution in [0.3, 0.4) is 0 Å². The number of nitrogens with zero attached hydrogens (tertiary/aromatic N) is 1. The Kier molecular flexibility index (Phi) is 4.38. The number of hydrogen-bond acceptors (Lipinski definition) is 3. The maximum atomic E-state index is 12.7. The molecule has 0 fully saturated rings. The highest BCUT2D eigenvalue weighted by Crippen LogP contribution is 2.24. The molecule has 4 rings (SSSR count). The van der Waals surface area contributed by atoms with Crippen molar-refractivity contribution in [1.29, 1.82) is 0 Å². The molecular formula is C21H20N4O2. The van der Waals surface area contributed by atoms with Crippen molar-refractivity contribution in [3.63, 3.8) is 0 Å². The Balaban J connectivity index is 1.55. The van der Waals surface area contributed by atoms with Crippen LogP contribution in [0.5, 0.6) is 5.75 Å². The average molecular weight is 360 g/mol. The lowest BCUT2D eigenvalue weighted by Crippen LogP contribution is -2.26. The van der Waals surface area contributed by atoms with Crippen LogP contribution in [0.25, 0.3) is 22.0 Å². The number of amides is 1. The number of hydrogen-bond donors (Lipinski definition) is 3. The molecule has 6 heteroatoms. The van der Waals surface area contributed by atoms with E-state index in [0.29, 0.717) is 5.69 Å². The number of benzene rings is 2. The lowest BCUT2D eigenvalue weighted by atomic mass is 10.1. The van der Waals surface area contributed by atoms with Crippen LogP contribution in [-0.4, -0.2) is 28.2 Å². The highest BCUT2D eigenvalue weighted by molar-refractivity contribution is 5.99. The molecule has 1 amide bonds. The molecule has 0 saturated carbocycles. The molecule has 0 saturated heterocycles. The van der Waals surface area contributed by atoms with E-state index in [-0.39, 0.29) is 11.9 Å². The third-order valence-corrected chi connectivity index (χ3v) is 4.64. The van der Waals surface area contributed by atoms with Gasteiger partial charge in [-0.05, 0) is 42.3 Å². The van der Waals surface area contributed by atoms with Gasteiger partial charge in [0.25, 0.3) is 5.91 Å². The van der Waals surface area contributed by atoms with E-state index >= 15 is 0 Å². The number of methoxy groups -OCH3 is 1. The van der Waals surface area contributed by atoms with E-state index in [1.807, 2.05) is 61.7 Å². The van der Waals surface area contributed by atoms with Crippen molar-refractivity contribution in [3.8, 4) is 16.9 Å². The van der Waals surface area contributed by atoms with Crippen LogP contribution in [-0.2, 0) is 0 Å². The number of H-pyrrole nitrogens is 2. The lowest BCUT2D eigenvalue weighted by Gasteiger charge is -2.14. The third-order valence-electron chi connectivity index (χ3n) is 4.64. The van der Waals surface area contributed by atoms with Crippen LogP contribution in [0.2, 0.25) is 0 Å². The summed E-state index contributed by atoms with van der Waals surface area (Å²) in [6, 6.07) is 15.4. The topological polar surface area (TPSA) is 82.8 Å². The molecule has 6 nitrogen and oxygen atoms in total. The molecule has 136 valence electrons. The number of carbonyl (C=O) groups is 1. The summed E-state index contributed by atoms with van der Waals surface area (Å²) in [5.74, 6) is 0.623. The summed E-state index contributed by atoms with van der Waals surface area (Å²) in [6.07, 6.45) is 3.61. The van der Waals surface area contributed by atoms with E-state index in [1.165, 1.54) is 0 Å². The van der Waals surface area contributed by atoms with E-state index < -0.39 is 0 Å². The Hall–Kier alpha value is -3.54. The van der Waals surface area contributed by atoms with Gasteiger partial charge < -0.3 is 15.0 Å². The van der Waals surface area contributed by atoms with Crippen LogP contribution in [0, 0.1) is 0 Å². The van der Waals surface area contributed by atoms with Crippen molar-refractivity contribution in [1.82, 2.24) is 20.5 Å². The van der Waals surface area contributed by atoms with Crippen molar-refractivity contribution < 1.29 is 9.53 Å². The summed E-state index contributed by atoms with van der Waals surface area (Å²) in [5, 5.41) is 10.8. The monoisotopic (exact) mass is 360 g/mol. The van der Waals surface area contributed by atoms with Crippen molar-refractivity contribution in [2.75, 3.05) is 7.11 Å². The maximum absolute atomic E-state index is 12.7. The highest BCUT2D eigenvalue weighted by atomic mass is 16.5. The van der Waals surface area contributed by atoms with Gasteiger partial charge in [0.05, 0.1) is 19.3 Å². The molecule has 4 aromatic rings. The molecule has 3 N–H and O–H groups in total. The first-order chi connectivity index (χ1) is 13.1. The normalized spacial score (nSPS) is 12.1. The number of ether oxygens (including phenoxy) is 1. The summed E-state index contributed by atoms with van der Waals surface area (Å²) < 4.78 is 5.25. The number of rotatable bonds is 5. The zero-order valence-electron chi connectivity index (χ0n) is 15.1. The minimum atomic E-state index is -0.147. The molecule has 27 heavy (non-hydrogen) atoms. The minimum Gasteiger partial charge on any atom is -0.497 e. The number of fused-ring (bicyclic) bond motifs is 1. The molecule has 1 atom stereocenters. The summed E-state index contributed by atoms with van der Waals surface area (Å²) in [7, 11) is 1.63. The average Bonchev–Trinajstić information content (AvgIpc) is 3.37. The molecule has 2 aromatic heterocycles. The molecule has 0 spiro atoms. The van der Waals surface area contributed by atoms with Crippen LogP contribution >= 0.6 is 0 Å². The predicted octanol–water partition coefficient (Wildman–Crippen LogP) is 4.06. The molecular weight excluding hydrogens is 340 g/mol. The Morgan fingerprint density at radius 2 is 2.04 bits per heavy atom. The first-order valence-corrected chi connectivity index (χ1v) is 8.71. The fourth-order valence-electron chi connectivity index (χ4n) is 3.11. The van der Waals surface area contributed by atoms with E-state index in [9.17, 15) is 4.79 Å². The van der Waals surface area contributed by atoms with Crippen molar-refractivity contribution in [2.45, 2.75) is 13.0 Å². The van der Waals surface area contributed by atoms with Gasteiger partial charge in [-0.15, -0.1) is 0 Å². The van der Waals surface area contributed by atoms with E-state index in [0.717, 1.165) is 33.3 Å². The van der Waals surface area contributed by atoms with Gasteiger partial charge in [0.2, 0.25) is 0 Å². The van der Waals surface area contributed by atoms with Crippen LogP contribution < -0.4 is 10.1 Å². The number of nitrogens with one attached hydrogen (secondary N) is 3. The standard InChI is InChI=1S/C21H20N4O2/c1-13(14-4-3-5-18(8-14)27-2)24-21(26)20-10-16-7-6-15(9-19(16)25-20)17-11-22-23-12-17/h3-13,25H,1-2H3,(H,22,23)(H,24,26). The Morgan fingerprint density at radius 1 is 1.15 bits per heavy atom. The molecule has 0 bridgehead atoms. The molecule has 1 unspecified atom stereocenters. The zero-order valence-corrected chi connectivity index (χ0v) is 15.1. The fourth-order valence-corrected chi connectivity index (χ4v) is 3.11. The van der Waals surface area contributed by atoms with Crippen LogP contribution in [0.4, 0.5) is 0 Å². The van der Waals surface area contributed by atoms with Crippen molar-refractivity contribution in [3.05, 3.63) is 72.2 Å². The smallest absolute Gasteiger partial charge is 0.268 e. The largest absolute Gasteiger partial charge is 0.497 e. The van der Waals surface area contributed by atoms with Gasteiger partial charge in [-0.2, -0.15) is 5.10 Å². The van der Waals surface area contributed by atoms with E-state index in [2.05, 4.69) is 20.5 Å². The van der Waals surface area contributed by atoms with E-state index in [1.54, 1.807) is 13.3 Å². The van der Waals surface area contributed by atoms with Crippen molar-refractivity contribution in [2.24, 2.45) is 0 Å². The van der Waals surface area contributed by atoms with Gasteiger partial charge in [-0.1, -0.05) is 24.3 Å². The lowest BCUT2D eigenvalue weighted by molar-refractivity contribution is 0.0935. The maximum Gasteiger partial charge on any atom is 0.268 e. The SMILES string of the molecule is COc1cccc(C(C)NC(=O)c2cc3ccc(-c4cn[nH]c4)cc3[nH]2)c1. The van der Waals surface area contributed by atoms with Crippen LogP contribution in [0.15, 0.2) is 60.9 Å². The van der Waals surface area contributed by atoms with Gasteiger partial charge in [-0.25, -0.2) is 0 Å². The first-order valence-electron chi connectivity index (χ1n) is 8.71. The minimum absolute atomic E-state index is 0.138. The number of aromatic nitrogens is 3. The molecule has 0 radical (unpaired) electrons. The van der Waals surface area contributed by atoms with E-state index in [4.69, 9.17) is 4.74 Å². The second-order valence-electron chi connectivity index (χ2n) is 6.44. The summed E-state index contributed by atoms with van der Waals surface area (Å²) in [5.41, 5.74) is 4.47. The molecule has 0 aliphatic rings. The molecule has 2 aromatic carbocycles. The predicted molar refractivity (Wildman–Crippen MR) is 105 cm³/mol. The zero-order chi connectivity index (χ0) is 18.8. The second-order valence-corrected chi connectivity index (χ2v) is 6.44. The van der Waals surface area contributed by atoms with Gasteiger partial charge in [0, 0.05) is 22.7 Å². The number of aromatic amines is 2. The van der Waals surface area contributed by atoms with Gasteiger partial charge in [-0.3, -0.25) is 9.89 Å². The van der Waals surface area contributed by atoms with Gasteiger partial charge >= 0.3 is 0 Å². The molecule has 0 aliphatic heterocycles. The summed E-state index contributed by atoms with van der Waals surface area (Å²) in [6.45, 7) is 1.95. The number of carbonyl (C=O) groups excluding carboxylic acids is 1. The Morgan fingerprint density at radius 3 is 2.81 bits per heavy atom. The Bertz CT molecular complexity index is 1080. The highest BCUT2D eigenvalue weighted by Gasteiger charge is 2.14. The Labute approximate surface area is 156 Å². The third kappa shape index (κ3) is 3.42.